The lowest BCUT2D eigenvalue weighted by Gasteiger charge is -2.10. The summed E-state index contributed by atoms with van der Waals surface area (Å²) in [5.74, 6) is -1.12. The van der Waals surface area contributed by atoms with Crippen molar-refractivity contribution < 1.29 is 19.1 Å². The normalized spacial score (nSPS) is 16.0. The Labute approximate surface area is 142 Å². The zero-order valence-electron chi connectivity index (χ0n) is 12.8. The predicted molar refractivity (Wildman–Crippen MR) is 90.5 cm³/mol. The Kier molecular flexibility index (Phi) is 4.52. The molecule has 1 aromatic carbocycles. The molecule has 1 aliphatic rings. The number of ether oxygens (including phenoxy) is 1. The third kappa shape index (κ3) is 3.11. The first-order valence-corrected chi connectivity index (χ1v) is 7.97. The van der Waals surface area contributed by atoms with Crippen molar-refractivity contribution in [3.63, 3.8) is 0 Å². The van der Waals surface area contributed by atoms with Crippen LogP contribution in [0.3, 0.4) is 0 Å². The summed E-state index contributed by atoms with van der Waals surface area (Å²) in [6, 6.07) is 13.4. The molecule has 0 saturated carbocycles. The van der Waals surface area contributed by atoms with Crippen molar-refractivity contribution in [1.82, 2.24) is 9.47 Å². The summed E-state index contributed by atoms with van der Waals surface area (Å²) < 4.78 is 6.42. The fraction of sp³-hybridized carbons (Fsp3) is 0.118. The summed E-state index contributed by atoms with van der Waals surface area (Å²) in [4.78, 5) is 36.8. The number of esters is 1. The first-order chi connectivity index (χ1) is 11.6. The van der Waals surface area contributed by atoms with Crippen LogP contribution in [-0.2, 0) is 14.3 Å². The Morgan fingerprint density at radius 1 is 1.17 bits per heavy atom. The number of benzene rings is 1. The Bertz CT molecular complexity index is 826. The fourth-order valence-electron chi connectivity index (χ4n) is 2.30. The Hall–Kier alpha value is -2.80. The summed E-state index contributed by atoms with van der Waals surface area (Å²) in [6.07, 6.45) is 3.52. The molecule has 0 atom stereocenters. The molecule has 0 unspecified atom stereocenters. The zero-order valence-corrected chi connectivity index (χ0v) is 13.7. The maximum Gasteiger partial charge on any atom is 0.325 e. The number of imide groups is 1. The number of rotatable bonds is 4. The first kappa shape index (κ1) is 16.1. The van der Waals surface area contributed by atoms with Crippen LogP contribution in [0.15, 0.2) is 53.6 Å². The number of carbonyl (C=O) groups excluding carboxylic acids is 3. The highest BCUT2D eigenvalue weighted by Gasteiger charge is 2.36. The van der Waals surface area contributed by atoms with Gasteiger partial charge in [-0.3, -0.25) is 19.3 Å². The standard InChI is InChI=1S/C17H14N2O4S/c1-23-15(20)11-19-16(21)14(24-17(19)22)10-13-8-5-9-18(13)12-6-3-2-4-7-12/h2-10H,11H2,1H3/b14-10-. The maximum absolute atomic E-state index is 12.3. The van der Waals surface area contributed by atoms with Gasteiger partial charge in [-0.25, -0.2) is 0 Å². The van der Waals surface area contributed by atoms with Gasteiger partial charge in [0.05, 0.1) is 12.0 Å². The van der Waals surface area contributed by atoms with Crippen LogP contribution in [-0.4, -0.2) is 40.2 Å². The molecular weight excluding hydrogens is 328 g/mol. The Balaban J connectivity index is 1.88. The van der Waals surface area contributed by atoms with Gasteiger partial charge in [0.25, 0.3) is 11.1 Å². The molecule has 122 valence electrons. The number of methoxy groups -OCH3 is 1. The van der Waals surface area contributed by atoms with Gasteiger partial charge in [-0.1, -0.05) is 18.2 Å². The van der Waals surface area contributed by atoms with Gasteiger partial charge < -0.3 is 9.30 Å². The molecule has 1 aromatic heterocycles. The number of nitrogens with zero attached hydrogens (tertiary/aromatic N) is 2. The van der Waals surface area contributed by atoms with Crippen LogP contribution in [0.1, 0.15) is 5.69 Å². The molecule has 0 N–H and O–H groups in total. The largest absolute Gasteiger partial charge is 0.468 e. The topological polar surface area (TPSA) is 68.6 Å². The van der Waals surface area contributed by atoms with E-state index in [9.17, 15) is 14.4 Å². The van der Waals surface area contributed by atoms with Crippen molar-refractivity contribution in [3.8, 4) is 5.69 Å². The van der Waals surface area contributed by atoms with Gasteiger partial charge in [-0.05, 0) is 42.1 Å². The van der Waals surface area contributed by atoms with Crippen LogP contribution in [0, 0.1) is 0 Å². The van der Waals surface area contributed by atoms with Crippen LogP contribution in [0.4, 0.5) is 4.79 Å². The lowest BCUT2D eigenvalue weighted by Crippen LogP contribution is -2.34. The SMILES string of the molecule is COC(=O)CN1C(=O)S/C(=C\c2cccn2-c2ccccc2)C1=O. The highest BCUT2D eigenvalue weighted by Crippen LogP contribution is 2.32. The minimum absolute atomic E-state index is 0.278. The van der Waals surface area contributed by atoms with E-state index in [4.69, 9.17) is 0 Å². The average molecular weight is 342 g/mol. The molecule has 0 radical (unpaired) electrons. The highest BCUT2D eigenvalue weighted by atomic mass is 32.2. The molecule has 0 spiro atoms. The second kappa shape index (κ2) is 6.76. The fourth-order valence-corrected chi connectivity index (χ4v) is 3.12. The maximum atomic E-state index is 12.3. The average Bonchev–Trinajstić information content (AvgIpc) is 3.16. The minimum atomic E-state index is -0.633. The highest BCUT2D eigenvalue weighted by molar-refractivity contribution is 8.18. The van der Waals surface area contributed by atoms with E-state index in [0.29, 0.717) is 0 Å². The van der Waals surface area contributed by atoms with Crippen molar-refractivity contribution in [2.24, 2.45) is 0 Å². The van der Waals surface area contributed by atoms with Gasteiger partial charge >= 0.3 is 5.97 Å². The summed E-state index contributed by atoms with van der Waals surface area (Å²) in [5.41, 5.74) is 1.72. The molecule has 0 aliphatic carbocycles. The summed E-state index contributed by atoms with van der Waals surface area (Å²) >= 11 is 0.814. The van der Waals surface area contributed by atoms with Gasteiger partial charge in [0.1, 0.15) is 6.54 Å². The second-order valence-electron chi connectivity index (χ2n) is 4.98. The summed E-state index contributed by atoms with van der Waals surface area (Å²) in [7, 11) is 1.21. The van der Waals surface area contributed by atoms with Gasteiger partial charge in [0.2, 0.25) is 0 Å². The van der Waals surface area contributed by atoms with E-state index >= 15 is 0 Å². The van der Waals surface area contributed by atoms with Crippen LogP contribution in [0.2, 0.25) is 0 Å². The monoisotopic (exact) mass is 342 g/mol. The predicted octanol–water partition coefficient (Wildman–Crippen LogP) is 2.69. The van der Waals surface area contributed by atoms with Crippen molar-refractivity contribution in [2.75, 3.05) is 13.7 Å². The third-order valence-electron chi connectivity index (χ3n) is 3.48. The van der Waals surface area contributed by atoms with Gasteiger partial charge in [0, 0.05) is 17.6 Å². The smallest absolute Gasteiger partial charge is 0.325 e. The minimum Gasteiger partial charge on any atom is -0.468 e. The molecule has 0 bridgehead atoms. The third-order valence-corrected chi connectivity index (χ3v) is 4.39. The van der Waals surface area contributed by atoms with E-state index in [0.717, 1.165) is 28.0 Å². The van der Waals surface area contributed by atoms with Crippen LogP contribution >= 0.6 is 11.8 Å². The van der Waals surface area contributed by atoms with Gasteiger partial charge in [-0.2, -0.15) is 0 Å². The van der Waals surface area contributed by atoms with Crippen LogP contribution < -0.4 is 0 Å². The molecule has 1 saturated heterocycles. The van der Waals surface area contributed by atoms with Crippen LogP contribution in [0.5, 0.6) is 0 Å². The molecule has 2 heterocycles. The molecule has 6 nitrogen and oxygen atoms in total. The number of carbonyl (C=O) groups is 3. The Morgan fingerprint density at radius 2 is 1.92 bits per heavy atom. The molecular formula is C17H14N2O4S. The number of aromatic nitrogens is 1. The van der Waals surface area contributed by atoms with E-state index in [1.54, 1.807) is 6.08 Å². The molecule has 1 fully saturated rings. The lowest BCUT2D eigenvalue weighted by molar-refractivity contribution is -0.143. The summed E-state index contributed by atoms with van der Waals surface area (Å²) in [6.45, 7) is -0.377. The Morgan fingerprint density at radius 3 is 2.62 bits per heavy atom. The first-order valence-electron chi connectivity index (χ1n) is 7.15. The number of hydrogen-bond acceptors (Lipinski definition) is 5. The van der Waals surface area contributed by atoms with E-state index in [1.165, 1.54) is 7.11 Å². The quantitative estimate of drug-likeness (QED) is 0.631. The molecule has 3 rings (SSSR count). The molecule has 24 heavy (non-hydrogen) atoms. The van der Waals surface area contributed by atoms with Gasteiger partial charge in [0.15, 0.2) is 0 Å². The van der Waals surface area contributed by atoms with Gasteiger partial charge in [-0.15, -0.1) is 0 Å². The van der Waals surface area contributed by atoms with Crippen molar-refractivity contribution in [3.05, 3.63) is 59.3 Å². The summed E-state index contributed by atoms with van der Waals surface area (Å²) in [5, 5.41) is -0.477. The lowest BCUT2D eigenvalue weighted by atomic mass is 10.3. The number of amides is 2. The molecule has 7 heteroatoms. The van der Waals surface area contributed by atoms with E-state index in [-0.39, 0.29) is 11.4 Å². The van der Waals surface area contributed by atoms with E-state index < -0.39 is 17.1 Å². The van der Waals surface area contributed by atoms with Crippen molar-refractivity contribution >= 4 is 35.0 Å². The van der Waals surface area contributed by atoms with E-state index in [1.807, 2.05) is 53.2 Å². The van der Waals surface area contributed by atoms with E-state index in [2.05, 4.69) is 4.74 Å². The molecule has 2 amide bonds. The number of hydrogen-bond donors (Lipinski definition) is 0. The molecule has 1 aliphatic heterocycles. The van der Waals surface area contributed by atoms with Crippen molar-refractivity contribution in [1.29, 1.82) is 0 Å². The zero-order chi connectivity index (χ0) is 17.1. The van der Waals surface area contributed by atoms with Crippen LogP contribution in [0.25, 0.3) is 11.8 Å². The second-order valence-corrected chi connectivity index (χ2v) is 5.98. The number of thioether (sulfide) groups is 1. The van der Waals surface area contributed by atoms with Crippen molar-refractivity contribution in [2.45, 2.75) is 0 Å². The molecule has 2 aromatic rings. The number of para-hydroxylation sites is 1.